The van der Waals surface area contributed by atoms with Gasteiger partial charge in [0.25, 0.3) is 0 Å². The van der Waals surface area contributed by atoms with Gasteiger partial charge in [-0.2, -0.15) is 0 Å². The van der Waals surface area contributed by atoms with E-state index in [-0.39, 0.29) is 11.9 Å². The van der Waals surface area contributed by atoms with Crippen molar-refractivity contribution in [1.29, 1.82) is 0 Å². The lowest BCUT2D eigenvalue weighted by Crippen LogP contribution is -2.37. The predicted octanol–water partition coefficient (Wildman–Crippen LogP) is 2.20. The predicted molar refractivity (Wildman–Crippen MR) is 74.7 cm³/mol. The van der Waals surface area contributed by atoms with Crippen LogP contribution in [0, 0.1) is 5.82 Å². The van der Waals surface area contributed by atoms with Gasteiger partial charge in [-0.15, -0.1) is 0 Å². The molecule has 1 aliphatic rings. The number of rotatable bonds is 5. The summed E-state index contributed by atoms with van der Waals surface area (Å²) in [7, 11) is 0. The molecule has 0 bridgehead atoms. The van der Waals surface area contributed by atoms with Gasteiger partial charge in [-0.25, -0.2) is 4.39 Å². The summed E-state index contributed by atoms with van der Waals surface area (Å²) in [5, 5.41) is 3.38. The molecule has 19 heavy (non-hydrogen) atoms. The fraction of sp³-hybridized carbons (Fsp3) is 0.600. The standard InChI is InChI=1S/C15H23FN2O/c1-2-17-15(13-6-3-4-7-14(13)16)12-18-8-5-10-19-11-9-18/h3-4,6-7,15,17H,2,5,8-12H2,1H3. The van der Waals surface area contributed by atoms with Crippen molar-refractivity contribution in [2.75, 3.05) is 39.4 Å². The van der Waals surface area contributed by atoms with Gasteiger partial charge in [0.2, 0.25) is 0 Å². The molecule has 4 heteroatoms. The number of halogens is 1. The van der Waals surface area contributed by atoms with Crippen molar-refractivity contribution in [3.63, 3.8) is 0 Å². The van der Waals surface area contributed by atoms with Crippen LogP contribution in [0.1, 0.15) is 24.9 Å². The molecule has 1 atom stereocenters. The average molecular weight is 266 g/mol. The van der Waals surface area contributed by atoms with Crippen LogP contribution in [-0.4, -0.2) is 44.3 Å². The second kappa shape index (κ2) is 7.58. The Bertz CT molecular complexity index is 378. The molecule has 1 N–H and O–H groups in total. The number of hydrogen-bond donors (Lipinski definition) is 1. The van der Waals surface area contributed by atoms with E-state index in [2.05, 4.69) is 17.1 Å². The van der Waals surface area contributed by atoms with Crippen molar-refractivity contribution in [3.05, 3.63) is 35.6 Å². The second-order valence-electron chi connectivity index (χ2n) is 4.90. The smallest absolute Gasteiger partial charge is 0.128 e. The molecule has 0 radical (unpaired) electrons. The van der Waals surface area contributed by atoms with Crippen molar-refractivity contribution in [2.45, 2.75) is 19.4 Å². The van der Waals surface area contributed by atoms with E-state index in [4.69, 9.17) is 4.74 Å². The van der Waals surface area contributed by atoms with Crippen molar-refractivity contribution in [3.8, 4) is 0 Å². The molecule has 1 aliphatic heterocycles. The van der Waals surface area contributed by atoms with Crippen LogP contribution in [0.2, 0.25) is 0 Å². The van der Waals surface area contributed by atoms with Crippen LogP contribution in [0.3, 0.4) is 0 Å². The van der Waals surface area contributed by atoms with E-state index < -0.39 is 0 Å². The minimum Gasteiger partial charge on any atom is -0.380 e. The maximum Gasteiger partial charge on any atom is 0.128 e. The van der Waals surface area contributed by atoms with E-state index >= 15 is 0 Å². The highest BCUT2D eigenvalue weighted by molar-refractivity contribution is 5.21. The fourth-order valence-electron chi connectivity index (χ4n) is 2.52. The molecule has 1 unspecified atom stereocenters. The van der Waals surface area contributed by atoms with Crippen molar-refractivity contribution >= 4 is 0 Å². The third-order valence-corrected chi connectivity index (χ3v) is 3.49. The van der Waals surface area contributed by atoms with E-state index in [1.54, 1.807) is 6.07 Å². The van der Waals surface area contributed by atoms with E-state index in [1.807, 2.05) is 12.1 Å². The monoisotopic (exact) mass is 266 g/mol. The lowest BCUT2D eigenvalue weighted by atomic mass is 10.1. The molecule has 0 spiro atoms. The molecule has 0 saturated carbocycles. The summed E-state index contributed by atoms with van der Waals surface area (Å²) in [5.41, 5.74) is 0.759. The maximum absolute atomic E-state index is 13.9. The molecule has 106 valence electrons. The Morgan fingerprint density at radius 1 is 1.32 bits per heavy atom. The largest absolute Gasteiger partial charge is 0.380 e. The molecule has 1 fully saturated rings. The summed E-state index contributed by atoms with van der Waals surface area (Å²) in [6.07, 6.45) is 1.05. The molecule has 0 aromatic heterocycles. The summed E-state index contributed by atoms with van der Waals surface area (Å²) < 4.78 is 19.4. The number of hydrogen-bond acceptors (Lipinski definition) is 3. The second-order valence-corrected chi connectivity index (χ2v) is 4.90. The Hall–Kier alpha value is -0.970. The number of benzene rings is 1. The highest BCUT2D eigenvalue weighted by Gasteiger charge is 2.19. The zero-order valence-electron chi connectivity index (χ0n) is 11.6. The maximum atomic E-state index is 13.9. The Morgan fingerprint density at radius 3 is 2.95 bits per heavy atom. The van der Waals surface area contributed by atoms with Gasteiger partial charge < -0.3 is 10.1 Å². The Labute approximate surface area is 114 Å². The van der Waals surface area contributed by atoms with E-state index in [9.17, 15) is 4.39 Å². The first-order valence-electron chi connectivity index (χ1n) is 7.09. The molecule has 1 heterocycles. The lowest BCUT2D eigenvalue weighted by Gasteiger charge is -2.27. The van der Waals surface area contributed by atoms with Gasteiger partial charge in [-0.3, -0.25) is 4.90 Å². The van der Waals surface area contributed by atoms with E-state index in [0.29, 0.717) is 0 Å². The van der Waals surface area contributed by atoms with Crippen LogP contribution in [-0.2, 0) is 4.74 Å². The first-order valence-corrected chi connectivity index (χ1v) is 7.09. The fourth-order valence-corrected chi connectivity index (χ4v) is 2.52. The van der Waals surface area contributed by atoms with Crippen LogP contribution in [0.4, 0.5) is 4.39 Å². The molecule has 1 saturated heterocycles. The molecule has 3 nitrogen and oxygen atoms in total. The topological polar surface area (TPSA) is 24.5 Å². The van der Waals surface area contributed by atoms with Crippen LogP contribution in [0.15, 0.2) is 24.3 Å². The van der Waals surface area contributed by atoms with Gasteiger partial charge in [0, 0.05) is 37.8 Å². The van der Waals surface area contributed by atoms with Gasteiger partial charge in [0.05, 0.1) is 6.61 Å². The Morgan fingerprint density at radius 2 is 2.16 bits per heavy atom. The number of likely N-dealkylation sites (N-methyl/N-ethyl adjacent to an activating group) is 1. The average Bonchev–Trinajstić information content (AvgIpc) is 2.67. The molecule has 1 aromatic carbocycles. The molecule has 1 aromatic rings. The molecule has 0 aliphatic carbocycles. The number of nitrogens with zero attached hydrogens (tertiary/aromatic N) is 1. The first-order chi connectivity index (χ1) is 9.31. The quantitative estimate of drug-likeness (QED) is 0.884. The van der Waals surface area contributed by atoms with Gasteiger partial charge in [-0.1, -0.05) is 25.1 Å². The zero-order chi connectivity index (χ0) is 13.5. The normalized spacial score (nSPS) is 19.1. The summed E-state index contributed by atoms with van der Waals surface area (Å²) in [5.74, 6) is -0.125. The van der Waals surface area contributed by atoms with Crippen molar-refractivity contribution < 1.29 is 9.13 Å². The molecule has 0 amide bonds. The summed E-state index contributed by atoms with van der Waals surface area (Å²) in [6, 6.07) is 7.09. The van der Waals surface area contributed by atoms with Crippen LogP contribution >= 0.6 is 0 Å². The van der Waals surface area contributed by atoms with Crippen molar-refractivity contribution in [2.24, 2.45) is 0 Å². The van der Waals surface area contributed by atoms with E-state index in [1.165, 1.54) is 6.07 Å². The summed E-state index contributed by atoms with van der Waals surface area (Å²) >= 11 is 0. The molecular weight excluding hydrogens is 243 g/mol. The third-order valence-electron chi connectivity index (χ3n) is 3.49. The SMILES string of the molecule is CCNC(CN1CCCOCC1)c1ccccc1F. The van der Waals surface area contributed by atoms with Gasteiger partial charge in [-0.05, 0) is 19.0 Å². The van der Waals surface area contributed by atoms with Crippen LogP contribution in [0.5, 0.6) is 0 Å². The molecular formula is C15H23FN2O. The Balaban J connectivity index is 2.05. The van der Waals surface area contributed by atoms with Crippen LogP contribution in [0.25, 0.3) is 0 Å². The lowest BCUT2D eigenvalue weighted by molar-refractivity contribution is 0.139. The van der Waals surface area contributed by atoms with Gasteiger partial charge >= 0.3 is 0 Å². The first kappa shape index (κ1) is 14.4. The summed E-state index contributed by atoms with van der Waals surface area (Å²) in [6.45, 7) is 7.28. The Kier molecular flexibility index (Phi) is 5.76. The highest BCUT2D eigenvalue weighted by Crippen LogP contribution is 2.18. The molecule has 2 rings (SSSR count). The number of ether oxygens (including phenoxy) is 1. The van der Waals surface area contributed by atoms with Gasteiger partial charge in [0.1, 0.15) is 5.82 Å². The minimum absolute atomic E-state index is 0.0456. The zero-order valence-corrected chi connectivity index (χ0v) is 11.6. The van der Waals surface area contributed by atoms with Gasteiger partial charge in [0.15, 0.2) is 0 Å². The highest BCUT2D eigenvalue weighted by atomic mass is 19.1. The number of nitrogens with one attached hydrogen (secondary N) is 1. The third kappa shape index (κ3) is 4.27. The van der Waals surface area contributed by atoms with Crippen molar-refractivity contribution in [1.82, 2.24) is 10.2 Å². The van der Waals surface area contributed by atoms with Crippen LogP contribution < -0.4 is 5.32 Å². The minimum atomic E-state index is -0.125. The van der Waals surface area contributed by atoms with E-state index in [0.717, 1.165) is 51.4 Å². The summed E-state index contributed by atoms with van der Waals surface area (Å²) in [4.78, 5) is 2.35.